The van der Waals surface area contributed by atoms with Crippen LogP contribution in [0.3, 0.4) is 0 Å². The van der Waals surface area contributed by atoms with Gasteiger partial charge in [-0.25, -0.2) is 0 Å². The maximum absolute atomic E-state index is 11.7. The van der Waals surface area contributed by atoms with Crippen molar-refractivity contribution in [3.05, 3.63) is 0 Å². The standard InChI is InChI=1S/C12H23N3O/c1-9(2)7-14-12(16)11(4)15(5)8-10(3)6-13/h9-11H,7-8H2,1-5H3,(H,14,16). The third-order valence-corrected chi connectivity index (χ3v) is 2.51. The van der Waals surface area contributed by atoms with Crippen LogP contribution in [-0.4, -0.2) is 37.0 Å². The molecule has 1 N–H and O–H groups in total. The lowest BCUT2D eigenvalue weighted by atomic mass is 10.1. The van der Waals surface area contributed by atoms with Crippen molar-refractivity contribution in [3.63, 3.8) is 0 Å². The zero-order chi connectivity index (χ0) is 12.7. The first-order chi connectivity index (χ1) is 7.38. The van der Waals surface area contributed by atoms with Crippen LogP contribution < -0.4 is 5.32 Å². The van der Waals surface area contributed by atoms with E-state index < -0.39 is 0 Å². The Morgan fingerprint density at radius 1 is 1.38 bits per heavy atom. The van der Waals surface area contributed by atoms with Crippen molar-refractivity contribution in [1.82, 2.24) is 10.2 Å². The van der Waals surface area contributed by atoms with E-state index in [1.54, 1.807) is 0 Å². The van der Waals surface area contributed by atoms with E-state index >= 15 is 0 Å². The molecule has 0 saturated carbocycles. The molecule has 2 unspecified atom stereocenters. The molecular weight excluding hydrogens is 202 g/mol. The molecule has 0 saturated heterocycles. The number of nitrogens with one attached hydrogen (secondary N) is 1. The maximum atomic E-state index is 11.7. The monoisotopic (exact) mass is 225 g/mol. The van der Waals surface area contributed by atoms with E-state index in [1.807, 2.05) is 25.8 Å². The zero-order valence-electron chi connectivity index (χ0n) is 10.9. The molecule has 4 nitrogen and oxygen atoms in total. The third kappa shape index (κ3) is 5.72. The summed E-state index contributed by atoms with van der Waals surface area (Å²) in [5.74, 6) is 0.436. The summed E-state index contributed by atoms with van der Waals surface area (Å²) in [4.78, 5) is 13.6. The van der Waals surface area contributed by atoms with E-state index in [9.17, 15) is 4.79 Å². The molecule has 0 fully saturated rings. The molecule has 92 valence electrons. The fourth-order valence-corrected chi connectivity index (χ4v) is 1.28. The van der Waals surface area contributed by atoms with Crippen LogP contribution in [0, 0.1) is 23.2 Å². The van der Waals surface area contributed by atoms with E-state index in [0.29, 0.717) is 19.0 Å². The molecule has 0 rings (SSSR count). The average Bonchev–Trinajstić information content (AvgIpc) is 2.24. The number of rotatable bonds is 6. The number of nitriles is 1. The largest absolute Gasteiger partial charge is 0.354 e. The number of nitrogens with zero attached hydrogens (tertiary/aromatic N) is 2. The highest BCUT2D eigenvalue weighted by molar-refractivity contribution is 5.81. The SMILES string of the molecule is CC(C)CNC(=O)C(C)N(C)CC(C)C#N. The van der Waals surface area contributed by atoms with Crippen molar-refractivity contribution in [2.75, 3.05) is 20.1 Å². The topological polar surface area (TPSA) is 56.1 Å². The molecule has 1 amide bonds. The molecular formula is C12H23N3O. The van der Waals surface area contributed by atoms with Gasteiger partial charge in [-0.15, -0.1) is 0 Å². The van der Waals surface area contributed by atoms with Crippen LogP contribution in [0.1, 0.15) is 27.7 Å². The maximum Gasteiger partial charge on any atom is 0.237 e. The molecule has 2 atom stereocenters. The fourth-order valence-electron chi connectivity index (χ4n) is 1.28. The van der Waals surface area contributed by atoms with Crippen LogP contribution >= 0.6 is 0 Å². The molecule has 0 aromatic heterocycles. The van der Waals surface area contributed by atoms with Gasteiger partial charge in [0.2, 0.25) is 5.91 Å². The van der Waals surface area contributed by atoms with Crippen molar-refractivity contribution in [3.8, 4) is 6.07 Å². The van der Waals surface area contributed by atoms with Gasteiger partial charge in [-0.05, 0) is 26.8 Å². The molecule has 0 aromatic rings. The van der Waals surface area contributed by atoms with Gasteiger partial charge in [-0.3, -0.25) is 9.69 Å². The van der Waals surface area contributed by atoms with Crippen LogP contribution in [0.4, 0.5) is 0 Å². The number of carbonyl (C=O) groups is 1. The summed E-state index contributed by atoms with van der Waals surface area (Å²) >= 11 is 0. The smallest absolute Gasteiger partial charge is 0.237 e. The normalized spacial score (nSPS) is 14.6. The van der Waals surface area contributed by atoms with Crippen molar-refractivity contribution < 1.29 is 4.79 Å². The van der Waals surface area contributed by atoms with Gasteiger partial charge in [0.1, 0.15) is 0 Å². The molecule has 0 aliphatic carbocycles. The molecule has 0 aromatic carbocycles. The molecule has 0 aliphatic rings. The van der Waals surface area contributed by atoms with Gasteiger partial charge < -0.3 is 5.32 Å². The molecule has 0 radical (unpaired) electrons. The van der Waals surface area contributed by atoms with Gasteiger partial charge in [0.15, 0.2) is 0 Å². The number of likely N-dealkylation sites (N-methyl/N-ethyl adjacent to an activating group) is 1. The zero-order valence-corrected chi connectivity index (χ0v) is 10.9. The molecule has 0 aliphatic heterocycles. The first-order valence-electron chi connectivity index (χ1n) is 5.76. The number of hydrogen-bond donors (Lipinski definition) is 1. The van der Waals surface area contributed by atoms with Gasteiger partial charge >= 0.3 is 0 Å². The Hall–Kier alpha value is -1.08. The van der Waals surface area contributed by atoms with Crippen molar-refractivity contribution in [2.24, 2.45) is 11.8 Å². The predicted octanol–water partition coefficient (Wildman–Crippen LogP) is 1.24. The quantitative estimate of drug-likeness (QED) is 0.740. The highest BCUT2D eigenvalue weighted by Crippen LogP contribution is 2.02. The summed E-state index contributed by atoms with van der Waals surface area (Å²) in [6, 6.07) is 1.98. The summed E-state index contributed by atoms with van der Waals surface area (Å²) in [7, 11) is 1.87. The minimum Gasteiger partial charge on any atom is -0.354 e. The summed E-state index contributed by atoms with van der Waals surface area (Å²) < 4.78 is 0. The van der Waals surface area contributed by atoms with Crippen LogP contribution in [-0.2, 0) is 4.79 Å². The summed E-state index contributed by atoms with van der Waals surface area (Å²) in [5.41, 5.74) is 0. The van der Waals surface area contributed by atoms with E-state index in [-0.39, 0.29) is 17.9 Å². The van der Waals surface area contributed by atoms with E-state index in [1.165, 1.54) is 0 Å². The first-order valence-corrected chi connectivity index (χ1v) is 5.76. The van der Waals surface area contributed by atoms with Gasteiger partial charge in [0, 0.05) is 13.1 Å². The molecule has 0 spiro atoms. The number of carbonyl (C=O) groups excluding carboxylic acids is 1. The Bertz CT molecular complexity index is 257. The third-order valence-electron chi connectivity index (χ3n) is 2.51. The Morgan fingerprint density at radius 3 is 2.38 bits per heavy atom. The Balaban J connectivity index is 4.07. The lowest BCUT2D eigenvalue weighted by molar-refractivity contribution is -0.125. The van der Waals surface area contributed by atoms with Crippen LogP contribution in [0.25, 0.3) is 0 Å². The number of hydrogen-bond acceptors (Lipinski definition) is 3. The van der Waals surface area contributed by atoms with E-state index in [0.717, 1.165) is 0 Å². The van der Waals surface area contributed by atoms with Gasteiger partial charge in [0.25, 0.3) is 0 Å². The van der Waals surface area contributed by atoms with Gasteiger partial charge in [-0.1, -0.05) is 13.8 Å². The van der Waals surface area contributed by atoms with Crippen LogP contribution in [0.2, 0.25) is 0 Å². The molecule has 16 heavy (non-hydrogen) atoms. The second-order valence-corrected chi connectivity index (χ2v) is 4.78. The van der Waals surface area contributed by atoms with Crippen LogP contribution in [0.15, 0.2) is 0 Å². The summed E-state index contributed by atoms with van der Waals surface area (Å²) in [6.07, 6.45) is 0. The summed E-state index contributed by atoms with van der Waals surface area (Å²) in [6.45, 7) is 9.16. The van der Waals surface area contributed by atoms with E-state index in [2.05, 4.69) is 25.2 Å². The van der Waals surface area contributed by atoms with Crippen molar-refractivity contribution in [1.29, 1.82) is 5.26 Å². The van der Waals surface area contributed by atoms with Gasteiger partial charge in [0.05, 0.1) is 18.0 Å². The first kappa shape index (κ1) is 14.9. The molecule has 0 bridgehead atoms. The van der Waals surface area contributed by atoms with Gasteiger partial charge in [-0.2, -0.15) is 5.26 Å². The highest BCUT2D eigenvalue weighted by Gasteiger charge is 2.19. The minimum absolute atomic E-state index is 0.0290. The fraction of sp³-hybridized carbons (Fsp3) is 0.833. The lowest BCUT2D eigenvalue weighted by Gasteiger charge is -2.25. The predicted molar refractivity (Wildman–Crippen MR) is 64.7 cm³/mol. The Morgan fingerprint density at radius 2 is 1.94 bits per heavy atom. The van der Waals surface area contributed by atoms with Crippen LogP contribution in [0.5, 0.6) is 0 Å². The minimum atomic E-state index is -0.186. The second-order valence-electron chi connectivity index (χ2n) is 4.78. The second kappa shape index (κ2) is 7.24. The number of amides is 1. The lowest BCUT2D eigenvalue weighted by Crippen LogP contribution is -2.45. The summed E-state index contributed by atoms with van der Waals surface area (Å²) in [5, 5.41) is 11.6. The van der Waals surface area contributed by atoms with E-state index in [4.69, 9.17) is 5.26 Å². The Labute approximate surface area is 98.6 Å². The molecule has 0 heterocycles. The van der Waals surface area contributed by atoms with Crippen molar-refractivity contribution >= 4 is 5.91 Å². The average molecular weight is 225 g/mol. The highest BCUT2D eigenvalue weighted by atomic mass is 16.2. The van der Waals surface area contributed by atoms with Crippen molar-refractivity contribution in [2.45, 2.75) is 33.7 Å². The Kier molecular flexibility index (Phi) is 6.75. The molecule has 4 heteroatoms.